The third-order valence-electron chi connectivity index (χ3n) is 4.47. The van der Waals surface area contributed by atoms with Crippen molar-refractivity contribution >= 4 is 7.12 Å². The lowest BCUT2D eigenvalue weighted by molar-refractivity contribution is 0.00578. The lowest BCUT2D eigenvalue weighted by Crippen LogP contribution is -2.41. The lowest BCUT2D eigenvalue weighted by Gasteiger charge is -2.32. The van der Waals surface area contributed by atoms with E-state index in [9.17, 15) is 0 Å². The monoisotopic (exact) mass is 264 g/mol. The van der Waals surface area contributed by atoms with E-state index in [-0.39, 0.29) is 18.3 Å². The fraction of sp³-hybridized carbons (Fsp3) is 0.750. The Balaban J connectivity index is 2.79. The van der Waals surface area contributed by atoms with Crippen molar-refractivity contribution in [2.24, 2.45) is 5.92 Å². The van der Waals surface area contributed by atoms with Crippen molar-refractivity contribution in [2.45, 2.75) is 72.5 Å². The molecule has 0 aromatic heterocycles. The maximum absolute atomic E-state index is 6.07. The molecule has 0 aliphatic carbocycles. The number of allylic oxidation sites excluding steroid dienone is 4. The molecule has 0 spiro atoms. The Labute approximate surface area is 119 Å². The first-order valence-electron chi connectivity index (χ1n) is 7.47. The fourth-order valence-electron chi connectivity index (χ4n) is 2.10. The molecule has 3 heteroatoms. The highest BCUT2D eigenvalue weighted by atomic mass is 16.7. The quantitative estimate of drug-likeness (QED) is 0.535. The molecule has 1 saturated heterocycles. The summed E-state index contributed by atoms with van der Waals surface area (Å²) in [5, 5.41) is 0. The molecule has 2 nitrogen and oxygen atoms in total. The molecule has 19 heavy (non-hydrogen) atoms. The predicted molar refractivity (Wildman–Crippen MR) is 83.1 cm³/mol. The second-order valence-corrected chi connectivity index (χ2v) is 6.31. The van der Waals surface area contributed by atoms with E-state index < -0.39 is 0 Å². The van der Waals surface area contributed by atoms with Gasteiger partial charge in [-0.05, 0) is 58.9 Å². The van der Waals surface area contributed by atoms with Crippen molar-refractivity contribution in [2.75, 3.05) is 0 Å². The standard InChI is InChI=1S/C16H29BO2/c1-8-13(9-2)11-12-14(10-3)17-18-15(4,5)16(6,7)19-17/h10-13H,8-9H2,1-7H3/b12-11-,14-10+. The van der Waals surface area contributed by atoms with E-state index in [0.717, 1.165) is 5.47 Å². The van der Waals surface area contributed by atoms with Crippen LogP contribution in [0.1, 0.15) is 61.3 Å². The van der Waals surface area contributed by atoms with E-state index in [4.69, 9.17) is 9.31 Å². The first-order chi connectivity index (χ1) is 8.77. The molecule has 1 aliphatic heterocycles. The average Bonchev–Trinajstić information content (AvgIpc) is 2.54. The predicted octanol–water partition coefficient (Wildman–Crippen LogP) is 4.56. The lowest BCUT2D eigenvalue weighted by atomic mass is 9.77. The SMILES string of the molecule is C/C=C(\C=C/C(CC)CC)B1OC(C)(C)C(C)(C)O1. The van der Waals surface area contributed by atoms with Gasteiger partial charge in [0, 0.05) is 0 Å². The number of rotatable bonds is 5. The molecule has 1 aliphatic rings. The third-order valence-corrected chi connectivity index (χ3v) is 4.47. The minimum Gasteiger partial charge on any atom is -0.399 e. The van der Waals surface area contributed by atoms with Crippen molar-refractivity contribution in [3.05, 3.63) is 23.7 Å². The van der Waals surface area contributed by atoms with Gasteiger partial charge in [-0.1, -0.05) is 32.1 Å². The summed E-state index contributed by atoms with van der Waals surface area (Å²) in [6.07, 6.45) is 8.88. The Morgan fingerprint density at radius 1 is 1.05 bits per heavy atom. The van der Waals surface area contributed by atoms with Gasteiger partial charge in [-0.25, -0.2) is 0 Å². The van der Waals surface area contributed by atoms with Crippen LogP contribution in [0.2, 0.25) is 0 Å². The van der Waals surface area contributed by atoms with Gasteiger partial charge in [0.1, 0.15) is 0 Å². The summed E-state index contributed by atoms with van der Waals surface area (Å²) in [5.74, 6) is 0.636. The molecule has 0 bridgehead atoms. The van der Waals surface area contributed by atoms with Crippen LogP contribution in [-0.2, 0) is 9.31 Å². The summed E-state index contributed by atoms with van der Waals surface area (Å²) in [5.41, 5.74) is 0.578. The van der Waals surface area contributed by atoms with Crippen LogP contribution in [0, 0.1) is 5.92 Å². The summed E-state index contributed by atoms with van der Waals surface area (Å²) >= 11 is 0. The molecular formula is C16H29BO2. The summed E-state index contributed by atoms with van der Waals surface area (Å²) in [6.45, 7) is 14.8. The molecule has 0 saturated carbocycles. The van der Waals surface area contributed by atoms with E-state index in [2.05, 4.69) is 59.8 Å². The van der Waals surface area contributed by atoms with Gasteiger partial charge in [0.05, 0.1) is 11.2 Å². The van der Waals surface area contributed by atoms with Gasteiger partial charge < -0.3 is 9.31 Å². The topological polar surface area (TPSA) is 18.5 Å². The second-order valence-electron chi connectivity index (χ2n) is 6.31. The molecule has 0 aromatic rings. The highest BCUT2D eigenvalue weighted by Crippen LogP contribution is 2.38. The normalized spacial score (nSPS) is 22.7. The van der Waals surface area contributed by atoms with Crippen LogP contribution in [0.25, 0.3) is 0 Å². The van der Waals surface area contributed by atoms with Crippen molar-refractivity contribution in [1.82, 2.24) is 0 Å². The number of hydrogen-bond acceptors (Lipinski definition) is 2. The van der Waals surface area contributed by atoms with E-state index in [1.165, 1.54) is 12.8 Å². The maximum Gasteiger partial charge on any atom is 0.494 e. The Hall–Kier alpha value is -0.535. The highest BCUT2D eigenvalue weighted by molar-refractivity contribution is 6.55. The van der Waals surface area contributed by atoms with Crippen molar-refractivity contribution in [1.29, 1.82) is 0 Å². The minimum atomic E-state index is -0.269. The summed E-state index contributed by atoms with van der Waals surface area (Å²) in [7, 11) is -0.249. The molecule has 0 atom stereocenters. The molecule has 0 aromatic carbocycles. The largest absolute Gasteiger partial charge is 0.494 e. The Kier molecular flexibility index (Phi) is 5.46. The van der Waals surface area contributed by atoms with Crippen LogP contribution >= 0.6 is 0 Å². The van der Waals surface area contributed by atoms with Gasteiger partial charge >= 0.3 is 7.12 Å². The zero-order valence-corrected chi connectivity index (χ0v) is 13.6. The molecule has 0 N–H and O–H groups in total. The van der Waals surface area contributed by atoms with Crippen molar-refractivity contribution < 1.29 is 9.31 Å². The molecule has 0 radical (unpaired) electrons. The van der Waals surface area contributed by atoms with Crippen molar-refractivity contribution in [3.63, 3.8) is 0 Å². The first kappa shape index (κ1) is 16.5. The summed E-state index contributed by atoms with van der Waals surface area (Å²) in [4.78, 5) is 0. The van der Waals surface area contributed by atoms with Gasteiger partial charge in [0.2, 0.25) is 0 Å². The molecule has 1 rings (SSSR count). The molecule has 0 unspecified atom stereocenters. The smallest absolute Gasteiger partial charge is 0.399 e. The van der Waals surface area contributed by atoms with Crippen LogP contribution in [-0.4, -0.2) is 18.3 Å². The number of hydrogen-bond donors (Lipinski definition) is 0. The van der Waals surface area contributed by atoms with Crippen LogP contribution < -0.4 is 0 Å². The van der Waals surface area contributed by atoms with Crippen LogP contribution in [0.4, 0.5) is 0 Å². The zero-order valence-electron chi connectivity index (χ0n) is 13.6. The van der Waals surface area contributed by atoms with E-state index in [1.54, 1.807) is 0 Å². The van der Waals surface area contributed by atoms with Gasteiger partial charge in [0.25, 0.3) is 0 Å². The highest BCUT2D eigenvalue weighted by Gasteiger charge is 2.51. The maximum atomic E-state index is 6.07. The molecule has 0 amide bonds. The molecule has 1 fully saturated rings. The first-order valence-corrected chi connectivity index (χ1v) is 7.47. The summed E-state index contributed by atoms with van der Waals surface area (Å²) < 4.78 is 12.1. The summed E-state index contributed by atoms with van der Waals surface area (Å²) in [6, 6.07) is 0. The average molecular weight is 264 g/mol. The molecule has 108 valence electrons. The molecular weight excluding hydrogens is 235 g/mol. The van der Waals surface area contributed by atoms with Crippen LogP contribution in [0.15, 0.2) is 23.7 Å². The van der Waals surface area contributed by atoms with Crippen LogP contribution in [0.5, 0.6) is 0 Å². The molecule has 1 heterocycles. The van der Waals surface area contributed by atoms with Gasteiger partial charge in [-0.15, -0.1) is 0 Å². The van der Waals surface area contributed by atoms with Crippen molar-refractivity contribution in [3.8, 4) is 0 Å². The zero-order chi connectivity index (χ0) is 14.7. The van der Waals surface area contributed by atoms with E-state index in [0.29, 0.717) is 5.92 Å². The van der Waals surface area contributed by atoms with Gasteiger partial charge in [0.15, 0.2) is 0 Å². The van der Waals surface area contributed by atoms with Gasteiger partial charge in [-0.2, -0.15) is 0 Å². The Morgan fingerprint density at radius 2 is 1.53 bits per heavy atom. The second kappa shape index (κ2) is 6.28. The third kappa shape index (κ3) is 3.73. The van der Waals surface area contributed by atoms with Crippen LogP contribution in [0.3, 0.4) is 0 Å². The van der Waals surface area contributed by atoms with Gasteiger partial charge in [-0.3, -0.25) is 0 Å². The Morgan fingerprint density at radius 3 is 1.89 bits per heavy atom. The van der Waals surface area contributed by atoms with E-state index in [1.807, 2.05) is 6.92 Å². The van der Waals surface area contributed by atoms with E-state index >= 15 is 0 Å². The minimum absolute atomic E-state index is 0.249. The Bertz CT molecular complexity index is 336. The fourth-order valence-corrected chi connectivity index (χ4v) is 2.10.